The van der Waals surface area contributed by atoms with E-state index in [9.17, 15) is 0 Å². The fourth-order valence-corrected chi connectivity index (χ4v) is 4.15. The van der Waals surface area contributed by atoms with Crippen molar-refractivity contribution in [3.05, 3.63) is 58.1 Å². The first kappa shape index (κ1) is 17.0. The van der Waals surface area contributed by atoms with Gasteiger partial charge in [0.05, 0.1) is 6.04 Å². The van der Waals surface area contributed by atoms with E-state index in [-0.39, 0.29) is 0 Å². The molecule has 1 saturated heterocycles. The van der Waals surface area contributed by atoms with Gasteiger partial charge in [-0.3, -0.25) is 4.90 Å². The summed E-state index contributed by atoms with van der Waals surface area (Å²) in [5.74, 6) is 0.995. The minimum Gasteiger partial charge on any atom is -0.302 e. The highest BCUT2D eigenvalue weighted by Gasteiger charge is 2.28. The fourth-order valence-electron chi connectivity index (χ4n) is 3.95. The topological polar surface area (TPSA) is 32.3 Å². The van der Waals surface area contributed by atoms with E-state index in [1.807, 2.05) is 12.1 Å². The highest BCUT2D eigenvalue weighted by molar-refractivity contribution is 6.31. The van der Waals surface area contributed by atoms with Gasteiger partial charge in [-0.05, 0) is 38.1 Å². The fraction of sp³-hybridized carbons (Fsp3) is 0.500. The number of nitrogens with zero attached hydrogens (tertiary/aromatic N) is 4. The summed E-state index contributed by atoms with van der Waals surface area (Å²) < 4.78 is 0. The summed E-state index contributed by atoms with van der Waals surface area (Å²) in [5, 5.41) is 0.848. The van der Waals surface area contributed by atoms with Crippen LogP contribution >= 0.6 is 11.6 Å². The van der Waals surface area contributed by atoms with E-state index < -0.39 is 0 Å². The van der Waals surface area contributed by atoms with Crippen molar-refractivity contribution in [3.63, 3.8) is 0 Å². The van der Waals surface area contributed by atoms with Crippen LogP contribution in [0.2, 0.25) is 5.02 Å². The van der Waals surface area contributed by atoms with Crippen LogP contribution in [0.25, 0.3) is 0 Å². The molecule has 4 rings (SSSR count). The lowest BCUT2D eigenvalue weighted by atomic mass is 9.99. The lowest BCUT2D eigenvalue weighted by Crippen LogP contribution is -2.35. The monoisotopic (exact) mass is 356 g/mol. The lowest BCUT2D eigenvalue weighted by Gasteiger charge is -2.35. The Kier molecular flexibility index (Phi) is 5.02. The Hall–Kier alpha value is -1.49. The third-order valence-electron chi connectivity index (χ3n) is 5.39. The van der Waals surface area contributed by atoms with Crippen molar-refractivity contribution >= 4 is 11.6 Å². The van der Waals surface area contributed by atoms with Crippen LogP contribution in [0.5, 0.6) is 0 Å². The lowest BCUT2D eigenvalue weighted by molar-refractivity contribution is 0.133. The highest BCUT2D eigenvalue weighted by Crippen LogP contribution is 2.32. The SMILES string of the molecule is CN1CCc2nc([C@H]3CCCCN3Cc3ccccc3Cl)ncc2C1. The molecule has 0 unspecified atom stereocenters. The standard InChI is InChI=1S/C20H25ClN4/c1-24-11-9-18-16(13-24)12-22-20(23-18)19-8-4-5-10-25(19)14-15-6-2-3-7-17(15)21/h2-3,6-7,12,19H,4-5,8-11,13-14H2,1H3/t19-/m1/s1. The third kappa shape index (κ3) is 3.71. The second kappa shape index (κ2) is 7.40. The van der Waals surface area contributed by atoms with Gasteiger partial charge < -0.3 is 4.90 Å². The van der Waals surface area contributed by atoms with Gasteiger partial charge in [0.25, 0.3) is 0 Å². The zero-order valence-electron chi connectivity index (χ0n) is 14.8. The number of fused-ring (bicyclic) bond motifs is 1. The van der Waals surface area contributed by atoms with E-state index in [1.54, 1.807) is 0 Å². The molecular formula is C20H25ClN4. The molecule has 1 fully saturated rings. The molecule has 0 bridgehead atoms. The van der Waals surface area contributed by atoms with Crippen molar-refractivity contribution < 1.29 is 0 Å². The van der Waals surface area contributed by atoms with Gasteiger partial charge >= 0.3 is 0 Å². The van der Waals surface area contributed by atoms with Crippen LogP contribution in [0, 0.1) is 0 Å². The molecule has 4 nitrogen and oxygen atoms in total. The molecule has 3 heterocycles. The number of aromatic nitrogens is 2. The van der Waals surface area contributed by atoms with E-state index in [0.717, 1.165) is 49.9 Å². The summed E-state index contributed by atoms with van der Waals surface area (Å²) in [5.41, 5.74) is 3.72. The predicted octanol–water partition coefficient (Wildman–Crippen LogP) is 3.85. The predicted molar refractivity (Wildman–Crippen MR) is 101 cm³/mol. The van der Waals surface area contributed by atoms with Gasteiger partial charge in [-0.2, -0.15) is 0 Å². The summed E-state index contributed by atoms with van der Waals surface area (Å²) in [6, 6.07) is 8.45. The maximum Gasteiger partial charge on any atom is 0.145 e. The number of piperidine rings is 1. The van der Waals surface area contributed by atoms with Gasteiger partial charge in [0, 0.05) is 48.5 Å². The van der Waals surface area contributed by atoms with E-state index in [2.05, 4.69) is 35.2 Å². The highest BCUT2D eigenvalue weighted by atomic mass is 35.5. The average molecular weight is 357 g/mol. The average Bonchev–Trinajstić information content (AvgIpc) is 2.64. The van der Waals surface area contributed by atoms with Crippen LogP contribution in [0.3, 0.4) is 0 Å². The zero-order valence-corrected chi connectivity index (χ0v) is 15.5. The van der Waals surface area contributed by atoms with Crippen molar-refractivity contribution in [2.75, 3.05) is 20.1 Å². The molecule has 1 aromatic heterocycles. The van der Waals surface area contributed by atoms with E-state index in [1.165, 1.54) is 29.7 Å². The van der Waals surface area contributed by atoms with Gasteiger partial charge in [-0.1, -0.05) is 36.2 Å². The first-order chi connectivity index (χ1) is 12.2. The molecule has 0 radical (unpaired) electrons. The Balaban J connectivity index is 1.58. The summed E-state index contributed by atoms with van der Waals surface area (Å²) in [6.07, 6.45) is 6.68. The minimum atomic E-state index is 0.301. The molecule has 2 aromatic rings. The number of benzene rings is 1. The molecule has 1 atom stereocenters. The van der Waals surface area contributed by atoms with E-state index >= 15 is 0 Å². The number of rotatable bonds is 3. The molecule has 2 aliphatic heterocycles. The normalized spacial score (nSPS) is 21.9. The number of likely N-dealkylation sites (N-methyl/N-ethyl adjacent to an activating group) is 1. The maximum absolute atomic E-state index is 6.38. The Bertz CT molecular complexity index is 748. The molecule has 1 aromatic carbocycles. The third-order valence-corrected chi connectivity index (χ3v) is 5.76. The largest absolute Gasteiger partial charge is 0.302 e. The molecule has 0 N–H and O–H groups in total. The molecule has 5 heteroatoms. The minimum absolute atomic E-state index is 0.301. The van der Waals surface area contributed by atoms with Gasteiger partial charge in [-0.15, -0.1) is 0 Å². The number of likely N-dealkylation sites (tertiary alicyclic amines) is 1. The van der Waals surface area contributed by atoms with Crippen molar-refractivity contribution in [1.82, 2.24) is 19.8 Å². The molecule has 0 aliphatic carbocycles. The van der Waals surface area contributed by atoms with E-state index in [4.69, 9.17) is 21.6 Å². The smallest absolute Gasteiger partial charge is 0.145 e. The first-order valence-electron chi connectivity index (χ1n) is 9.21. The van der Waals surface area contributed by atoms with Crippen LogP contribution in [0.15, 0.2) is 30.5 Å². The Morgan fingerprint density at radius 2 is 2.08 bits per heavy atom. The Morgan fingerprint density at radius 1 is 1.20 bits per heavy atom. The number of hydrogen-bond acceptors (Lipinski definition) is 4. The summed E-state index contributed by atoms with van der Waals surface area (Å²) in [6.45, 7) is 3.99. The molecule has 25 heavy (non-hydrogen) atoms. The summed E-state index contributed by atoms with van der Waals surface area (Å²) >= 11 is 6.38. The summed E-state index contributed by atoms with van der Waals surface area (Å²) in [4.78, 5) is 14.6. The van der Waals surface area contributed by atoms with Crippen LogP contribution in [0.1, 0.15) is 47.9 Å². The van der Waals surface area contributed by atoms with Gasteiger partial charge in [-0.25, -0.2) is 9.97 Å². The van der Waals surface area contributed by atoms with E-state index in [0.29, 0.717) is 6.04 Å². The van der Waals surface area contributed by atoms with Crippen LogP contribution < -0.4 is 0 Å². The molecule has 0 amide bonds. The van der Waals surface area contributed by atoms with Crippen molar-refractivity contribution in [2.45, 2.75) is 44.8 Å². The Morgan fingerprint density at radius 3 is 2.96 bits per heavy atom. The van der Waals surface area contributed by atoms with Crippen molar-refractivity contribution in [1.29, 1.82) is 0 Å². The molecular weight excluding hydrogens is 332 g/mol. The van der Waals surface area contributed by atoms with Gasteiger partial charge in [0.15, 0.2) is 0 Å². The van der Waals surface area contributed by atoms with Gasteiger partial charge in [0.2, 0.25) is 0 Å². The van der Waals surface area contributed by atoms with Crippen LogP contribution in [0.4, 0.5) is 0 Å². The van der Waals surface area contributed by atoms with Crippen molar-refractivity contribution in [2.24, 2.45) is 0 Å². The first-order valence-corrected chi connectivity index (χ1v) is 9.59. The maximum atomic E-state index is 6.38. The number of halogens is 1. The second-order valence-corrected chi connectivity index (χ2v) is 7.67. The molecule has 0 spiro atoms. The summed E-state index contributed by atoms with van der Waals surface area (Å²) in [7, 11) is 2.16. The Labute approximate surface area is 154 Å². The molecule has 0 saturated carbocycles. The van der Waals surface area contributed by atoms with Gasteiger partial charge in [0.1, 0.15) is 5.82 Å². The zero-order chi connectivity index (χ0) is 17.2. The molecule has 132 valence electrons. The quantitative estimate of drug-likeness (QED) is 0.836. The second-order valence-electron chi connectivity index (χ2n) is 7.26. The molecule has 2 aliphatic rings. The van der Waals surface area contributed by atoms with Crippen LogP contribution in [-0.2, 0) is 19.5 Å². The van der Waals surface area contributed by atoms with Crippen molar-refractivity contribution in [3.8, 4) is 0 Å². The van der Waals surface area contributed by atoms with Crippen LogP contribution in [-0.4, -0.2) is 39.9 Å². The number of hydrogen-bond donors (Lipinski definition) is 0.